The number of pyridine rings is 3. The zero-order chi connectivity index (χ0) is 26.2. The topological polar surface area (TPSA) is 95.6 Å². The lowest BCUT2D eigenvalue weighted by molar-refractivity contribution is 0.237. The van der Waals surface area contributed by atoms with Crippen molar-refractivity contribution >= 4 is 21.9 Å². The van der Waals surface area contributed by atoms with Crippen molar-refractivity contribution in [1.29, 1.82) is 0 Å². The number of H-pyrrole nitrogens is 2. The van der Waals surface area contributed by atoms with Crippen LogP contribution in [-0.4, -0.2) is 61.3 Å². The number of likely N-dealkylation sites (tertiary alicyclic amines) is 1. The van der Waals surface area contributed by atoms with Crippen molar-refractivity contribution in [2.24, 2.45) is 0 Å². The van der Waals surface area contributed by atoms with Gasteiger partial charge in [-0.3, -0.25) is 20.0 Å². The predicted molar refractivity (Wildman–Crippen MR) is 149 cm³/mol. The summed E-state index contributed by atoms with van der Waals surface area (Å²) in [5, 5.41) is 9.31. The number of nitrogens with one attached hydrogen (secondary N) is 2. The van der Waals surface area contributed by atoms with Gasteiger partial charge in [0.25, 0.3) is 0 Å². The fourth-order valence-corrected chi connectivity index (χ4v) is 5.31. The SMILES string of the molecule is Fc1cc(OCCN2CCCC2)cc(-c2nccc3[nH]c(-c4[nH]nc5ncc(-c6ccncc6)cc45)cc23)c1. The second-order valence-corrected chi connectivity index (χ2v) is 9.81. The molecule has 5 aromatic heterocycles. The van der Waals surface area contributed by atoms with Gasteiger partial charge in [-0.05, 0) is 74.0 Å². The number of aromatic nitrogens is 6. The summed E-state index contributed by atoms with van der Waals surface area (Å²) >= 11 is 0. The van der Waals surface area contributed by atoms with Gasteiger partial charge in [-0.15, -0.1) is 0 Å². The third-order valence-corrected chi connectivity index (χ3v) is 7.26. The minimum atomic E-state index is -0.354. The van der Waals surface area contributed by atoms with Gasteiger partial charge in [-0.1, -0.05) is 0 Å². The first-order valence-electron chi connectivity index (χ1n) is 13.1. The van der Waals surface area contributed by atoms with Crippen LogP contribution in [0.5, 0.6) is 5.75 Å². The Morgan fingerprint density at radius 3 is 2.62 bits per heavy atom. The van der Waals surface area contributed by atoms with E-state index in [4.69, 9.17) is 4.74 Å². The summed E-state index contributed by atoms with van der Waals surface area (Å²) in [6, 6.07) is 14.7. The molecule has 8 nitrogen and oxygen atoms in total. The molecule has 1 fully saturated rings. The van der Waals surface area contributed by atoms with Crippen LogP contribution in [-0.2, 0) is 0 Å². The number of rotatable bonds is 7. The lowest BCUT2D eigenvalue weighted by Gasteiger charge is -2.15. The van der Waals surface area contributed by atoms with Gasteiger partial charge in [-0.2, -0.15) is 5.10 Å². The van der Waals surface area contributed by atoms with Crippen LogP contribution in [0, 0.1) is 5.82 Å². The maximum Gasteiger partial charge on any atom is 0.181 e. The largest absolute Gasteiger partial charge is 0.492 e. The Morgan fingerprint density at radius 2 is 1.74 bits per heavy atom. The number of hydrogen-bond donors (Lipinski definition) is 2. The Balaban J connectivity index is 1.23. The highest BCUT2D eigenvalue weighted by Crippen LogP contribution is 2.35. The minimum Gasteiger partial charge on any atom is -0.492 e. The quantitative estimate of drug-likeness (QED) is 0.275. The average molecular weight is 520 g/mol. The summed E-state index contributed by atoms with van der Waals surface area (Å²) < 4.78 is 20.6. The van der Waals surface area contributed by atoms with Gasteiger partial charge in [0.2, 0.25) is 0 Å². The van der Waals surface area contributed by atoms with Crippen molar-refractivity contribution in [2.75, 3.05) is 26.2 Å². The average Bonchev–Trinajstić information content (AvgIpc) is 3.72. The zero-order valence-electron chi connectivity index (χ0n) is 21.2. The van der Waals surface area contributed by atoms with Gasteiger partial charge in [0.15, 0.2) is 5.65 Å². The molecule has 1 aliphatic rings. The maximum absolute atomic E-state index is 14.7. The molecule has 1 saturated heterocycles. The fraction of sp³-hybridized carbons (Fsp3) is 0.200. The van der Waals surface area contributed by atoms with Gasteiger partial charge in [-0.25, -0.2) is 9.37 Å². The lowest BCUT2D eigenvalue weighted by atomic mass is 10.1. The standard InChI is InChI=1S/C30H26FN7O/c31-22-13-20(14-23(16-22)39-12-11-38-9-1-2-10-38)28-24-17-27(35-26(24)5-8-33-28)29-25-15-21(18-34-30(25)37-36-29)19-3-6-32-7-4-19/h3-8,13-18,35H,1-2,9-12H2,(H,34,36,37). The van der Waals surface area contributed by atoms with Crippen LogP contribution in [0.1, 0.15) is 12.8 Å². The molecule has 0 unspecified atom stereocenters. The van der Waals surface area contributed by atoms with E-state index < -0.39 is 0 Å². The van der Waals surface area contributed by atoms with E-state index in [1.807, 2.05) is 36.5 Å². The third-order valence-electron chi connectivity index (χ3n) is 7.26. The predicted octanol–water partition coefficient (Wildman–Crippen LogP) is 5.84. The van der Waals surface area contributed by atoms with E-state index in [0.29, 0.717) is 29.3 Å². The van der Waals surface area contributed by atoms with Crippen LogP contribution in [0.4, 0.5) is 4.39 Å². The Kier molecular flexibility index (Phi) is 5.97. The number of fused-ring (bicyclic) bond motifs is 2. The number of aromatic amines is 2. The molecule has 6 heterocycles. The molecule has 9 heteroatoms. The molecular weight excluding hydrogens is 493 g/mol. The summed E-state index contributed by atoms with van der Waals surface area (Å²) in [5.41, 5.74) is 6.52. The highest BCUT2D eigenvalue weighted by atomic mass is 19.1. The molecule has 0 aliphatic carbocycles. The molecule has 6 aromatic rings. The van der Waals surface area contributed by atoms with E-state index in [-0.39, 0.29) is 5.82 Å². The van der Waals surface area contributed by atoms with E-state index >= 15 is 0 Å². The van der Waals surface area contributed by atoms with Crippen molar-refractivity contribution in [1.82, 2.24) is 35.0 Å². The summed E-state index contributed by atoms with van der Waals surface area (Å²) in [6.07, 6.45) is 9.52. The van der Waals surface area contributed by atoms with Gasteiger partial charge in [0.05, 0.1) is 17.1 Å². The highest BCUT2D eigenvalue weighted by molar-refractivity contribution is 6.00. The molecule has 0 radical (unpaired) electrons. The summed E-state index contributed by atoms with van der Waals surface area (Å²) in [4.78, 5) is 19.1. The number of benzene rings is 1. The van der Waals surface area contributed by atoms with Crippen LogP contribution >= 0.6 is 0 Å². The van der Waals surface area contributed by atoms with Crippen LogP contribution in [0.25, 0.3) is 55.7 Å². The smallest absolute Gasteiger partial charge is 0.181 e. The Hall–Kier alpha value is -4.63. The van der Waals surface area contributed by atoms with Gasteiger partial charge >= 0.3 is 0 Å². The molecule has 0 amide bonds. The monoisotopic (exact) mass is 519 g/mol. The van der Waals surface area contributed by atoms with Crippen LogP contribution in [0.2, 0.25) is 0 Å². The van der Waals surface area contributed by atoms with Crippen LogP contribution in [0.15, 0.2) is 73.3 Å². The van der Waals surface area contributed by atoms with E-state index in [0.717, 1.165) is 58.4 Å². The van der Waals surface area contributed by atoms with Gasteiger partial charge < -0.3 is 9.72 Å². The normalized spacial score (nSPS) is 14.0. The number of nitrogens with zero attached hydrogens (tertiary/aromatic N) is 5. The van der Waals surface area contributed by atoms with E-state index in [1.54, 1.807) is 18.6 Å². The van der Waals surface area contributed by atoms with E-state index in [1.165, 1.54) is 25.0 Å². The lowest BCUT2D eigenvalue weighted by Crippen LogP contribution is -2.25. The van der Waals surface area contributed by atoms with E-state index in [2.05, 4.69) is 41.1 Å². The van der Waals surface area contributed by atoms with Crippen LogP contribution in [0.3, 0.4) is 0 Å². The molecule has 7 rings (SSSR count). The summed E-state index contributed by atoms with van der Waals surface area (Å²) in [6.45, 7) is 3.58. The van der Waals surface area contributed by atoms with Crippen LogP contribution < -0.4 is 4.74 Å². The molecular formula is C30H26FN7O. The minimum absolute atomic E-state index is 0.354. The van der Waals surface area contributed by atoms with Crippen molar-refractivity contribution in [3.8, 4) is 39.5 Å². The molecule has 194 valence electrons. The third kappa shape index (κ3) is 4.61. The summed E-state index contributed by atoms with van der Waals surface area (Å²) in [5.74, 6) is 0.153. The Morgan fingerprint density at radius 1 is 0.872 bits per heavy atom. The number of ether oxygens (including phenoxy) is 1. The maximum atomic E-state index is 14.7. The molecule has 0 atom stereocenters. The first kappa shape index (κ1) is 23.5. The molecule has 1 aliphatic heterocycles. The Bertz CT molecular complexity index is 1770. The fourth-order valence-electron chi connectivity index (χ4n) is 5.31. The van der Waals surface area contributed by atoms with Crippen molar-refractivity contribution in [3.63, 3.8) is 0 Å². The molecule has 1 aromatic carbocycles. The second-order valence-electron chi connectivity index (χ2n) is 9.81. The molecule has 39 heavy (non-hydrogen) atoms. The second kappa shape index (κ2) is 9.92. The highest BCUT2D eigenvalue weighted by Gasteiger charge is 2.17. The van der Waals surface area contributed by atoms with Gasteiger partial charge in [0, 0.05) is 64.8 Å². The molecule has 0 bridgehead atoms. The van der Waals surface area contributed by atoms with Crippen molar-refractivity contribution in [3.05, 3.63) is 79.1 Å². The summed E-state index contributed by atoms with van der Waals surface area (Å²) in [7, 11) is 0. The van der Waals surface area contributed by atoms with E-state index in [9.17, 15) is 4.39 Å². The first-order valence-corrected chi connectivity index (χ1v) is 13.1. The number of hydrogen-bond acceptors (Lipinski definition) is 6. The molecule has 2 N–H and O–H groups in total. The molecule has 0 saturated carbocycles. The zero-order valence-corrected chi connectivity index (χ0v) is 21.2. The van der Waals surface area contributed by atoms with Crippen molar-refractivity contribution < 1.29 is 9.13 Å². The number of halogens is 1. The first-order chi connectivity index (χ1) is 19.2. The Labute approximate surface area is 223 Å². The van der Waals surface area contributed by atoms with Gasteiger partial charge in [0.1, 0.15) is 18.2 Å². The molecule has 0 spiro atoms. The van der Waals surface area contributed by atoms with Crippen molar-refractivity contribution in [2.45, 2.75) is 12.8 Å².